The van der Waals surface area contributed by atoms with Gasteiger partial charge in [-0.3, -0.25) is 14.9 Å². The minimum Gasteiger partial charge on any atom is -0.497 e. The summed E-state index contributed by atoms with van der Waals surface area (Å²) in [4.78, 5) is 43.8. The lowest BCUT2D eigenvalue weighted by Crippen LogP contribution is -2.54. The van der Waals surface area contributed by atoms with Gasteiger partial charge < -0.3 is 14.0 Å². The van der Waals surface area contributed by atoms with Gasteiger partial charge in [-0.1, -0.05) is 6.07 Å². The van der Waals surface area contributed by atoms with Crippen molar-refractivity contribution in [2.75, 3.05) is 19.1 Å². The topological polar surface area (TPSA) is 103 Å². The van der Waals surface area contributed by atoms with Gasteiger partial charge in [-0.25, -0.2) is 14.7 Å². The summed E-state index contributed by atoms with van der Waals surface area (Å²) in [5, 5.41) is 2.23. The van der Waals surface area contributed by atoms with Crippen LogP contribution in [0.3, 0.4) is 0 Å². The first-order chi connectivity index (χ1) is 15.8. The summed E-state index contributed by atoms with van der Waals surface area (Å²) in [6.45, 7) is 3.78. The number of pyridine rings is 1. The predicted molar refractivity (Wildman–Crippen MR) is 122 cm³/mol. The van der Waals surface area contributed by atoms with Crippen LogP contribution in [0.5, 0.6) is 11.5 Å². The van der Waals surface area contributed by atoms with E-state index in [-0.39, 0.29) is 17.0 Å². The van der Waals surface area contributed by atoms with Gasteiger partial charge in [0.15, 0.2) is 0 Å². The van der Waals surface area contributed by atoms with Crippen LogP contribution in [-0.4, -0.2) is 41.6 Å². The molecule has 3 heterocycles. The Balaban J connectivity index is 1.77. The third-order valence-electron chi connectivity index (χ3n) is 5.38. The number of amides is 4. The molecule has 0 spiro atoms. The fourth-order valence-electron chi connectivity index (χ4n) is 3.77. The molecule has 0 atom stereocenters. The standard InChI is InChI=1S/C24H22N4O5/c1-14-11-16(15(2)27(14)21-7-5-6-10-25-21)12-18-22(29)26-24(31)28(23(18)30)19-9-8-17(32-3)13-20(19)33-4/h5-13H,1-4H3,(H,26,29,31)/b18-12+. The largest absolute Gasteiger partial charge is 0.497 e. The van der Waals surface area contributed by atoms with E-state index >= 15 is 0 Å². The second-order valence-electron chi connectivity index (χ2n) is 7.35. The summed E-state index contributed by atoms with van der Waals surface area (Å²) in [6.07, 6.45) is 3.17. The first kappa shape index (κ1) is 21.8. The number of methoxy groups -OCH3 is 2. The molecule has 0 radical (unpaired) electrons. The molecule has 9 heteroatoms. The van der Waals surface area contributed by atoms with Crippen molar-refractivity contribution in [1.82, 2.24) is 14.9 Å². The highest BCUT2D eigenvalue weighted by molar-refractivity contribution is 6.39. The lowest BCUT2D eigenvalue weighted by atomic mass is 10.1. The quantitative estimate of drug-likeness (QED) is 0.477. The number of nitrogens with one attached hydrogen (secondary N) is 1. The van der Waals surface area contributed by atoms with Crippen LogP contribution in [0.4, 0.5) is 10.5 Å². The van der Waals surface area contributed by atoms with E-state index < -0.39 is 17.8 Å². The minimum absolute atomic E-state index is 0.172. The predicted octanol–water partition coefficient (Wildman–Crippen LogP) is 3.17. The van der Waals surface area contributed by atoms with Crippen molar-refractivity contribution >= 4 is 29.6 Å². The van der Waals surface area contributed by atoms with E-state index in [1.807, 2.05) is 42.7 Å². The molecule has 3 aromatic rings. The van der Waals surface area contributed by atoms with Crippen LogP contribution in [0, 0.1) is 13.8 Å². The minimum atomic E-state index is -0.857. The molecule has 0 saturated carbocycles. The maximum absolute atomic E-state index is 13.3. The van der Waals surface area contributed by atoms with Crippen molar-refractivity contribution < 1.29 is 23.9 Å². The van der Waals surface area contributed by atoms with Gasteiger partial charge >= 0.3 is 6.03 Å². The molecule has 1 aliphatic heterocycles. The summed E-state index contributed by atoms with van der Waals surface area (Å²) in [7, 11) is 2.91. The molecule has 2 aromatic heterocycles. The third-order valence-corrected chi connectivity index (χ3v) is 5.38. The van der Waals surface area contributed by atoms with Crippen LogP contribution in [0.15, 0.2) is 54.2 Å². The number of carbonyl (C=O) groups excluding carboxylic acids is 3. The molecule has 1 N–H and O–H groups in total. The Labute approximate surface area is 190 Å². The summed E-state index contributed by atoms with van der Waals surface area (Å²) in [5.41, 5.74) is 2.36. The van der Waals surface area contributed by atoms with Crippen molar-refractivity contribution in [3.8, 4) is 17.3 Å². The Hall–Kier alpha value is -4.40. The molecule has 4 amide bonds. The van der Waals surface area contributed by atoms with Gasteiger partial charge in [0.25, 0.3) is 11.8 Å². The van der Waals surface area contributed by atoms with Crippen molar-refractivity contribution in [3.05, 3.63) is 71.2 Å². The van der Waals surface area contributed by atoms with Gasteiger partial charge in [0, 0.05) is 23.7 Å². The van der Waals surface area contributed by atoms with Crippen LogP contribution < -0.4 is 19.7 Å². The number of urea groups is 1. The number of imide groups is 2. The highest BCUT2D eigenvalue weighted by Crippen LogP contribution is 2.34. The number of rotatable bonds is 5. The zero-order chi connectivity index (χ0) is 23.7. The first-order valence-electron chi connectivity index (χ1n) is 10.1. The summed E-state index contributed by atoms with van der Waals surface area (Å²) in [5.74, 6) is -0.0586. The Morgan fingerprint density at radius 2 is 1.79 bits per heavy atom. The summed E-state index contributed by atoms with van der Waals surface area (Å²) >= 11 is 0. The molecule has 0 bridgehead atoms. The Bertz CT molecular complexity index is 1290. The highest BCUT2D eigenvalue weighted by atomic mass is 16.5. The number of nitrogens with zero attached hydrogens (tertiary/aromatic N) is 3. The van der Waals surface area contributed by atoms with E-state index in [9.17, 15) is 14.4 Å². The van der Waals surface area contributed by atoms with Crippen molar-refractivity contribution in [2.45, 2.75) is 13.8 Å². The maximum atomic E-state index is 13.3. The highest BCUT2D eigenvalue weighted by Gasteiger charge is 2.38. The van der Waals surface area contributed by atoms with E-state index in [1.54, 1.807) is 18.3 Å². The van der Waals surface area contributed by atoms with Gasteiger partial charge in [0.05, 0.1) is 19.9 Å². The lowest BCUT2D eigenvalue weighted by molar-refractivity contribution is -0.122. The van der Waals surface area contributed by atoms with Crippen LogP contribution in [0.25, 0.3) is 11.9 Å². The first-order valence-corrected chi connectivity index (χ1v) is 10.1. The molecule has 0 unspecified atom stereocenters. The fraction of sp³-hybridized carbons (Fsp3) is 0.167. The molecule has 1 aliphatic rings. The molecular formula is C24H22N4O5. The van der Waals surface area contributed by atoms with Gasteiger partial charge in [-0.2, -0.15) is 0 Å². The lowest BCUT2D eigenvalue weighted by Gasteiger charge is -2.27. The van der Waals surface area contributed by atoms with Crippen LogP contribution in [-0.2, 0) is 9.59 Å². The van der Waals surface area contributed by atoms with Crippen LogP contribution in [0.1, 0.15) is 17.0 Å². The molecular weight excluding hydrogens is 424 g/mol. The van der Waals surface area contributed by atoms with Gasteiger partial charge in [-0.15, -0.1) is 0 Å². The average Bonchev–Trinajstić information content (AvgIpc) is 3.09. The van der Waals surface area contributed by atoms with Crippen LogP contribution in [0.2, 0.25) is 0 Å². The van der Waals surface area contributed by atoms with E-state index in [4.69, 9.17) is 9.47 Å². The second-order valence-corrected chi connectivity index (χ2v) is 7.35. The van der Waals surface area contributed by atoms with E-state index in [0.29, 0.717) is 11.3 Å². The van der Waals surface area contributed by atoms with E-state index in [2.05, 4.69) is 10.3 Å². The summed E-state index contributed by atoms with van der Waals surface area (Å²) < 4.78 is 12.4. The monoisotopic (exact) mass is 446 g/mol. The smallest absolute Gasteiger partial charge is 0.336 e. The molecule has 9 nitrogen and oxygen atoms in total. The molecule has 1 aromatic carbocycles. The van der Waals surface area contributed by atoms with E-state index in [0.717, 1.165) is 22.1 Å². The number of aryl methyl sites for hydroxylation is 1. The maximum Gasteiger partial charge on any atom is 0.336 e. The Morgan fingerprint density at radius 1 is 1.00 bits per heavy atom. The van der Waals surface area contributed by atoms with Gasteiger partial charge in [0.2, 0.25) is 0 Å². The number of hydrogen-bond acceptors (Lipinski definition) is 6. The van der Waals surface area contributed by atoms with E-state index in [1.165, 1.54) is 26.4 Å². The molecule has 33 heavy (non-hydrogen) atoms. The van der Waals surface area contributed by atoms with Crippen molar-refractivity contribution in [3.63, 3.8) is 0 Å². The zero-order valence-corrected chi connectivity index (χ0v) is 18.6. The molecule has 1 fully saturated rings. The molecule has 4 rings (SSSR count). The Morgan fingerprint density at radius 3 is 2.45 bits per heavy atom. The third kappa shape index (κ3) is 3.84. The Kier molecular flexibility index (Phi) is 5.70. The fourth-order valence-corrected chi connectivity index (χ4v) is 3.77. The zero-order valence-electron chi connectivity index (χ0n) is 18.6. The van der Waals surface area contributed by atoms with Crippen LogP contribution >= 0.6 is 0 Å². The number of anilines is 1. The normalized spacial score (nSPS) is 15.1. The SMILES string of the molecule is COc1ccc(N2C(=O)NC(=O)/C(=C\c3cc(C)n(-c4ccccn4)c3C)C2=O)c(OC)c1. The van der Waals surface area contributed by atoms with Gasteiger partial charge in [-0.05, 0) is 55.8 Å². The summed E-state index contributed by atoms with van der Waals surface area (Å²) in [6, 6.07) is 11.2. The number of benzene rings is 1. The average molecular weight is 446 g/mol. The number of ether oxygens (including phenoxy) is 2. The number of hydrogen-bond donors (Lipinski definition) is 1. The molecule has 1 saturated heterocycles. The molecule has 0 aliphatic carbocycles. The molecule has 168 valence electrons. The van der Waals surface area contributed by atoms with Crippen molar-refractivity contribution in [2.24, 2.45) is 0 Å². The van der Waals surface area contributed by atoms with Gasteiger partial charge in [0.1, 0.15) is 22.9 Å². The number of aromatic nitrogens is 2. The number of carbonyl (C=O) groups is 3. The number of barbiturate groups is 1. The van der Waals surface area contributed by atoms with Crippen molar-refractivity contribution in [1.29, 1.82) is 0 Å². The second kappa shape index (κ2) is 8.62.